The zero-order chi connectivity index (χ0) is 9.82. The number of nitrogens with zero attached hydrogens (tertiary/aromatic N) is 1. The van der Waals surface area contributed by atoms with E-state index in [2.05, 4.69) is 24.3 Å². The monoisotopic (exact) mass is 285 g/mol. The van der Waals surface area contributed by atoms with E-state index < -0.39 is 20.8 Å². The number of allylic oxidation sites excluding steroid dienone is 4. The SMILES string of the molecule is C1=CCC=C1.CN(C)C.[Cl][Zr][Cl]. The molecule has 1 aliphatic carbocycles. The molecule has 0 atom stereocenters. The van der Waals surface area contributed by atoms with Gasteiger partial charge in [0.05, 0.1) is 0 Å². The van der Waals surface area contributed by atoms with Gasteiger partial charge in [0.1, 0.15) is 0 Å². The molecule has 0 heterocycles. The van der Waals surface area contributed by atoms with Crippen molar-refractivity contribution in [3.05, 3.63) is 24.3 Å². The molecule has 12 heavy (non-hydrogen) atoms. The van der Waals surface area contributed by atoms with E-state index >= 15 is 0 Å². The predicted molar refractivity (Wildman–Crippen MR) is 54.2 cm³/mol. The summed E-state index contributed by atoms with van der Waals surface area (Å²) in [5, 5.41) is 0. The van der Waals surface area contributed by atoms with E-state index in [0.29, 0.717) is 0 Å². The average Bonchev–Trinajstić information content (AvgIpc) is 2.40. The van der Waals surface area contributed by atoms with Crippen LogP contribution in [0.2, 0.25) is 0 Å². The number of hydrogen-bond donors (Lipinski definition) is 0. The van der Waals surface area contributed by atoms with Gasteiger partial charge in [0, 0.05) is 0 Å². The van der Waals surface area contributed by atoms with E-state index in [9.17, 15) is 0 Å². The third-order valence-corrected chi connectivity index (χ3v) is 0.655. The maximum absolute atomic E-state index is 4.93. The van der Waals surface area contributed by atoms with Crippen LogP contribution in [0.3, 0.4) is 0 Å². The molecule has 4 heteroatoms. The molecule has 0 aromatic rings. The van der Waals surface area contributed by atoms with Crippen molar-refractivity contribution in [2.75, 3.05) is 21.1 Å². The summed E-state index contributed by atoms with van der Waals surface area (Å²) in [4.78, 5) is 2.00. The maximum atomic E-state index is 4.93. The molecule has 1 aliphatic rings. The van der Waals surface area contributed by atoms with Crippen molar-refractivity contribution in [3.63, 3.8) is 0 Å². The second-order valence-electron chi connectivity index (χ2n) is 2.51. The van der Waals surface area contributed by atoms with Crippen molar-refractivity contribution in [3.8, 4) is 0 Å². The van der Waals surface area contributed by atoms with Gasteiger partial charge in [-0.05, 0) is 27.6 Å². The molecule has 1 rings (SSSR count). The molecule has 0 radical (unpaired) electrons. The van der Waals surface area contributed by atoms with Gasteiger partial charge >= 0.3 is 37.9 Å². The number of rotatable bonds is 0. The molecule has 0 bridgehead atoms. The van der Waals surface area contributed by atoms with Gasteiger partial charge in [-0.2, -0.15) is 0 Å². The van der Waals surface area contributed by atoms with E-state index in [-0.39, 0.29) is 0 Å². The van der Waals surface area contributed by atoms with E-state index in [4.69, 9.17) is 17.0 Å². The Labute approximate surface area is 94.1 Å². The van der Waals surface area contributed by atoms with Crippen LogP contribution in [0.25, 0.3) is 0 Å². The molecular formula is C8H15Cl2NZr. The molecule has 0 saturated carbocycles. The van der Waals surface area contributed by atoms with Gasteiger partial charge in [0.15, 0.2) is 0 Å². The summed E-state index contributed by atoms with van der Waals surface area (Å²) in [7, 11) is 15.9. The molecule has 0 aromatic heterocycles. The second kappa shape index (κ2) is 14.4. The summed E-state index contributed by atoms with van der Waals surface area (Å²) in [5.74, 6) is 0. The van der Waals surface area contributed by atoms with E-state index in [1.165, 1.54) is 0 Å². The van der Waals surface area contributed by atoms with E-state index in [0.717, 1.165) is 6.42 Å². The molecule has 0 spiro atoms. The van der Waals surface area contributed by atoms with E-state index in [1.54, 1.807) is 0 Å². The minimum absolute atomic E-state index is 0.826. The summed E-state index contributed by atoms with van der Waals surface area (Å²) in [6.07, 6.45) is 9.50. The fourth-order valence-corrected chi connectivity index (χ4v) is 0.393. The molecule has 70 valence electrons. The van der Waals surface area contributed by atoms with Crippen molar-refractivity contribution < 1.29 is 20.8 Å². The fourth-order valence-electron chi connectivity index (χ4n) is 0.393. The van der Waals surface area contributed by atoms with Crippen LogP contribution >= 0.6 is 17.0 Å². The Morgan fingerprint density at radius 1 is 1.08 bits per heavy atom. The summed E-state index contributed by atoms with van der Waals surface area (Å²) >= 11 is -0.826. The van der Waals surface area contributed by atoms with Crippen LogP contribution in [0.1, 0.15) is 6.42 Å². The van der Waals surface area contributed by atoms with Crippen LogP contribution in [0.5, 0.6) is 0 Å². The Balaban J connectivity index is 0. The normalized spacial score (nSPS) is 11.5. The Bertz CT molecular complexity index is 111. The minimum atomic E-state index is -0.826. The van der Waals surface area contributed by atoms with Crippen molar-refractivity contribution in [1.82, 2.24) is 4.90 Å². The first-order valence-electron chi connectivity index (χ1n) is 3.54. The Kier molecular flexibility index (Phi) is 18.5. The third-order valence-electron chi connectivity index (χ3n) is 0.655. The Morgan fingerprint density at radius 2 is 1.33 bits per heavy atom. The van der Waals surface area contributed by atoms with Crippen molar-refractivity contribution in [1.29, 1.82) is 0 Å². The molecule has 0 aromatic carbocycles. The van der Waals surface area contributed by atoms with Crippen LogP contribution in [-0.4, -0.2) is 26.0 Å². The quantitative estimate of drug-likeness (QED) is 0.662. The van der Waals surface area contributed by atoms with Crippen LogP contribution in [0, 0.1) is 0 Å². The Morgan fingerprint density at radius 3 is 1.42 bits per heavy atom. The first-order chi connectivity index (χ1) is 5.65. The van der Waals surface area contributed by atoms with Gasteiger partial charge in [-0.1, -0.05) is 24.3 Å². The standard InChI is InChI=1S/C5H6.C3H9N.2ClH.Zr/c1-2-4-5-3-1;1-4(2)3;;;/h1-4H,5H2;1-3H3;2*1H;/q;;;;+2/p-2. The van der Waals surface area contributed by atoms with Crippen molar-refractivity contribution >= 4 is 17.0 Å². The van der Waals surface area contributed by atoms with Crippen molar-refractivity contribution in [2.24, 2.45) is 0 Å². The first kappa shape index (κ1) is 15.4. The molecule has 1 nitrogen and oxygen atoms in total. The number of hydrogen-bond acceptors (Lipinski definition) is 1. The van der Waals surface area contributed by atoms with Gasteiger partial charge in [0.2, 0.25) is 0 Å². The first-order valence-corrected chi connectivity index (χ1v) is 9.87. The zero-order valence-electron chi connectivity index (χ0n) is 7.72. The van der Waals surface area contributed by atoms with Gasteiger partial charge in [-0.25, -0.2) is 0 Å². The van der Waals surface area contributed by atoms with Crippen LogP contribution < -0.4 is 0 Å². The zero-order valence-corrected chi connectivity index (χ0v) is 11.7. The molecule has 0 unspecified atom stereocenters. The molecule has 0 amide bonds. The summed E-state index contributed by atoms with van der Waals surface area (Å²) < 4.78 is 0. The second-order valence-corrected chi connectivity index (χ2v) is 6.24. The number of halogens is 2. The van der Waals surface area contributed by atoms with Gasteiger partial charge < -0.3 is 4.90 Å². The van der Waals surface area contributed by atoms with E-state index in [1.807, 2.05) is 26.0 Å². The summed E-state index contributed by atoms with van der Waals surface area (Å²) in [6.45, 7) is 0. The summed E-state index contributed by atoms with van der Waals surface area (Å²) in [5.41, 5.74) is 0. The topological polar surface area (TPSA) is 3.24 Å². The molecule has 0 N–H and O–H groups in total. The van der Waals surface area contributed by atoms with Crippen LogP contribution in [0.4, 0.5) is 0 Å². The van der Waals surface area contributed by atoms with Gasteiger partial charge in [0.25, 0.3) is 0 Å². The summed E-state index contributed by atoms with van der Waals surface area (Å²) in [6, 6.07) is 0. The Hall–Kier alpha value is 0.903. The molecule has 0 fully saturated rings. The average molecular weight is 287 g/mol. The molecule has 0 saturated heterocycles. The van der Waals surface area contributed by atoms with Crippen LogP contribution in [-0.2, 0) is 20.8 Å². The third kappa shape index (κ3) is 30.7. The van der Waals surface area contributed by atoms with Gasteiger partial charge in [-0.15, -0.1) is 0 Å². The molecular weight excluding hydrogens is 272 g/mol. The fraction of sp³-hybridized carbons (Fsp3) is 0.500. The van der Waals surface area contributed by atoms with Crippen LogP contribution in [0.15, 0.2) is 24.3 Å². The molecule has 0 aliphatic heterocycles. The van der Waals surface area contributed by atoms with Crippen molar-refractivity contribution in [2.45, 2.75) is 6.42 Å². The predicted octanol–water partition coefficient (Wildman–Crippen LogP) is 3.06. The van der Waals surface area contributed by atoms with Gasteiger partial charge in [-0.3, -0.25) is 0 Å².